The number of H-pyrrole nitrogens is 1. The molecule has 1 fully saturated rings. The van der Waals surface area contributed by atoms with Gasteiger partial charge in [-0.2, -0.15) is 0 Å². The van der Waals surface area contributed by atoms with E-state index in [1.807, 2.05) is 36.9 Å². The van der Waals surface area contributed by atoms with Crippen LogP contribution in [0.5, 0.6) is 0 Å². The first-order chi connectivity index (χ1) is 11.0. The minimum Gasteiger partial charge on any atom is -0.393 e. The molecule has 2 N–H and O–H groups in total. The summed E-state index contributed by atoms with van der Waals surface area (Å²) >= 11 is 0. The molecule has 23 heavy (non-hydrogen) atoms. The fourth-order valence-corrected chi connectivity index (χ4v) is 3.36. The molecule has 124 valence electrons. The van der Waals surface area contributed by atoms with Crippen molar-refractivity contribution in [2.75, 3.05) is 13.1 Å². The molecular weight excluding hydrogens is 290 g/mol. The number of rotatable bonds is 4. The summed E-state index contributed by atoms with van der Waals surface area (Å²) in [6.45, 7) is 5.34. The van der Waals surface area contributed by atoms with Crippen molar-refractivity contribution in [2.24, 2.45) is 5.92 Å². The number of piperidine rings is 1. The van der Waals surface area contributed by atoms with Crippen LogP contribution in [0.25, 0.3) is 11.0 Å². The Balaban J connectivity index is 1.60. The van der Waals surface area contributed by atoms with E-state index in [2.05, 4.69) is 9.97 Å². The number of fused-ring (bicyclic) bond motifs is 1. The average Bonchev–Trinajstić information content (AvgIpc) is 2.97. The number of aliphatic hydroxyl groups excluding tert-OH is 1. The molecule has 5 heteroatoms. The van der Waals surface area contributed by atoms with Gasteiger partial charge in [0.05, 0.1) is 17.1 Å². The summed E-state index contributed by atoms with van der Waals surface area (Å²) in [6.07, 6.45) is 2.73. The maximum Gasteiger partial charge on any atom is 0.223 e. The van der Waals surface area contributed by atoms with Crippen molar-refractivity contribution in [1.29, 1.82) is 0 Å². The van der Waals surface area contributed by atoms with E-state index in [0.29, 0.717) is 19.4 Å². The number of aryl methyl sites for hydroxylation is 2. The van der Waals surface area contributed by atoms with Gasteiger partial charge in [0.25, 0.3) is 0 Å². The predicted molar refractivity (Wildman–Crippen MR) is 90.1 cm³/mol. The lowest BCUT2D eigenvalue weighted by molar-refractivity contribution is -0.133. The molecule has 1 aromatic carbocycles. The first kappa shape index (κ1) is 16.0. The summed E-state index contributed by atoms with van der Waals surface area (Å²) in [7, 11) is 0. The second-order valence-corrected chi connectivity index (χ2v) is 6.64. The van der Waals surface area contributed by atoms with Crippen molar-refractivity contribution < 1.29 is 9.90 Å². The number of aromatic amines is 1. The standard InChI is InChI=1S/C18H25N3O2/c1-12-5-3-7-15-18(12)20-16(19-15)8-9-17(23)21-10-4-6-14(11-21)13(2)22/h3,5,7,13-14,22H,4,6,8-11H2,1-2H3,(H,19,20). The SMILES string of the molecule is Cc1cccc2[nH]c(CCC(=O)N3CCCC(C(C)O)C3)nc12. The van der Waals surface area contributed by atoms with E-state index in [1.54, 1.807) is 0 Å². The van der Waals surface area contributed by atoms with Gasteiger partial charge in [-0.1, -0.05) is 12.1 Å². The van der Waals surface area contributed by atoms with Gasteiger partial charge in [-0.3, -0.25) is 4.79 Å². The number of carbonyl (C=O) groups is 1. The Morgan fingerprint density at radius 1 is 1.52 bits per heavy atom. The van der Waals surface area contributed by atoms with E-state index < -0.39 is 0 Å². The highest BCUT2D eigenvalue weighted by Crippen LogP contribution is 2.21. The van der Waals surface area contributed by atoms with E-state index in [4.69, 9.17) is 0 Å². The van der Waals surface area contributed by atoms with Gasteiger partial charge in [0.2, 0.25) is 5.91 Å². The molecule has 1 aliphatic heterocycles. The molecule has 2 atom stereocenters. The van der Waals surface area contributed by atoms with Crippen LogP contribution in [0, 0.1) is 12.8 Å². The number of benzene rings is 1. The average molecular weight is 315 g/mol. The molecule has 0 radical (unpaired) electrons. The van der Waals surface area contributed by atoms with Crippen LogP contribution in [-0.2, 0) is 11.2 Å². The molecule has 0 saturated carbocycles. The number of nitrogens with one attached hydrogen (secondary N) is 1. The van der Waals surface area contributed by atoms with Crippen molar-refractivity contribution in [3.8, 4) is 0 Å². The zero-order valence-corrected chi connectivity index (χ0v) is 13.9. The summed E-state index contributed by atoms with van der Waals surface area (Å²) in [5, 5.41) is 9.74. The van der Waals surface area contributed by atoms with Crippen LogP contribution >= 0.6 is 0 Å². The maximum absolute atomic E-state index is 12.4. The number of aliphatic hydroxyl groups is 1. The Bertz CT molecular complexity index is 693. The van der Waals surface area contributed by atoms with Crippen LogP contribution in [0.2, 0.25) is 0 Å². The van der Waals surface area contributed by atoms with E-state index >= 15 is 0 Å². The minimum absolute atomic E-state index is 0.160. The van der Waals surface area contributed by atoms with Gasteiger partial charge in [0.15, 0.2) is 0 Å². The predicted octanol–water partition coefficient (Wildman–Crippen LogP) is 2.42. The highest BCUT2D eigenvalue weighted by molar-refractivity contribution is 5.79. The smallest absolute Gasteiger partial charge is 0.223 e. The second-order valence-electron chi connectivity index (χ2n) is 6.64. The van der Waals surface area contributed by atoms with Crippen LogP contribution in [0.15, 0.2) is 18.2 Å². The maximum atomic E-state index is 12.4. The van der Waals surface area contributed by atoms with Gasteiger partial charge in [0, 0.05) is 31.8 Å². The van der Waals surface area contributed by atoms with Crippen LogP contribution < -0.4 is 0 Å². The zero-order chi connectivity index (χ0) is 16.4. The largest absolute Gasteiger partial charge is 0.393 e. The Hall–Kier alpha value is -1.88. The van der Waals surface area contributed by atoms with Crippen molar-refractivity contribution >= 4 is 16.9 Å². The number of likely N-dealkylation sites (tertiary alicyclic amines) is 1. The Morgan fingerprint density at radius 2 is 2.35 bits per heavy atom. The fourth-order valence-electron chi connectivity index (χ4n) is 3.36. The highest BCUT2D eigenvalue weighted by atomic mass is 16.3. The molecule has 1 amide bonds. The lowest BCUT2D eigenvalue weighted by atomic mass is 9.93. The lowest BCUT2D eigenvalue weighted by Crippen LogP contribution is -2.43. The van der Waals surface area contributed by atoms with Gasteiger partial charge in [-0.15, -0.1) is 0 Å². The van der Waals surface area contributed by atoms with Crippen molar-refractivity contribution in [3.63, 3.8) is 0 Å². The number of nitrogens with zero attached hydrogens (tertiary/aromatic N) is 2. The number of amides is 1. The summed E-state index contributed by atoms with van der Waals surface area (Å²) < 4.78 is 0. The van der Waals surface area contributed by atoms with Crippen LogP contribution in [-0.4, -0.2) is 45.1 Å². The molecule has 0 spiro atoms. The Labute approximate surface area is 136 Å². The van der Waals surface area contributed by atoms with Gasteiger partial charge < -0.3 is 15.0 Å². The number of hydrogen-bond donors (Lipinski definition) is 2. The molecule has 1 saturated heterocycles. The van der Waals surface area contributed by atoms with E-state index in [0.717, 1.165) is 41.8 Å². The summed E-state index contributed by atoms with van der Waals surface area (Å²) in [5.74, 6) is 1.24. The molecule has 2 aromatic rings. The van der Waals surface area contributed by atoms with E-state index in [9.17, 15) is 9.90 Å². The van der Waals surface area contributed by atoms with E-state index in [1.165, 1.54) is 0 Å². The Morgan fingerprint density at radius 3 is 3.09 bits per heavy atom. The summed E-state index contributed by atoms with van der Waals surface area (Å²) in [5.41, 5.74) is 3.16. The van der Waals surface area contributed by atoms with Crippen LogP contribution in [0.3, 0.4) is 0 Å². The minimum atomic E-state index is -0.344. The first-order valence-corrected chi connectivity index (χ1v) is 8.44. The highest BCUT2D eigenvalue weighted by Gasteiger charge is 2.26. The number of carbonyl (C=O) groups excluding carboxylic acids is 1. The number of hydrogen-bond acceptors (Lipinski definition) is 3. The first-order valence-electron chi connectivity index (χ1n) is 8.44. The molecule has 0 bridgehead atoms. The quantitative estimate of drug-likeness (QED) is 0.910. The third-order valence-electron chi connectivity index (χ3n) is 4.83. The van der Waals surface area contributed by atoms with Gasteiger partial charge in [-0.05, 0) is 38.3 Å². The lowest BCUT2D eigenvalue weighted by Gasteiger charge is -2.34. The fraction of sp³-hybridized carbons (Fsp3) is 0.556. The van der Waals surface area contributed by atoms with Gasteiger partial charge >= 0.3 is 0 Å². The number of aromatic nitrogens is 2. The molecule has 2 unspecified atom stereocenters. The van der Waals surface area contributed by atoms with Crippen LogP contribution in [0.1, 0.15) is 37.6 Å². The number of para-hydroxylation sites is 1. The zero-order valence-electron chi connectivity index (χ0n) is 13.9. The molecule has 0 aliphatic carbocycles. The van der Waals surface area contributed by atoms with Gasteiger partial charge in [-0.25, -0.2) is 4.98 Å². The molecule has 1 aliphatic rings. The number of imidazole rings is 1. The molecular formula is C18H25N3O2. The van der Waals surface area contributed by atoms with Crippen molar-refractivity contribution in [3.05, 3.63) is 29.6 Å². The summed E-state index contributed by atoms with van der Waals surface area (Å²) in [6, 6.07) is 6.06. The second kappa shape index (κ2) is 6.71. The van der Waals surface area contributed by atoms with Gasteiger partial charge in [0.1, 0.15) is 5.82 Å². The molecule has 1 aromatic heterocycles. The van der Waals surface area contributed by atoms with Crippen molar-refractivity contribution in [1.82, 2.24) is 14.9 Å². The monoisotopic (exact) mass is 315 g/mol. The molecule has 3 rings (SSSR count). The third-order valence-corrected chi connectivity index (χ3v) is 4.83. The van der Waals surface area contributed by atoms with Crippen LogP contribution in [0.4, 0.5) is 0 Å². The molecule has 5 nitrogen and oxygen atoms in total. The molecule has 2 heterocycles. The van der Waals surface area contributed by atoms with E-state index in [-0.39, 0.29) is 17.9 Å². The van der Waals surface area contributed by atoms with Crippen molar-refractivity contribution in [2.45, 2.75) is 45.6 Å². The third kappa shape index (κ3) is 3.55. The normalized spacial score (nSPS) is 20.0. The topological polar surface area (TPSA) is 69.2 Å². The summed E-state index contributed by atoms with van der Waals surface area (Å²) in [4.78, 5) is 22.2. The Kier molecular flexibility index (Phi) is 4.66.